The van der Waals surface area contributed by atoms with Crippen molar-refractivity contribution in [1.82, 2.24) is 9.88 Å². The second kappa shape index (κ2) is 6.10. The molecule has 0 saturated carbocycles. The summed E-state index contributed by atoms with van der Waals surface area (Å²) in [4.78, 5) is 12.1. The zero-order valence-corrected chi connectivity index (χ0v) is 12.9. The third-order valence-corrected chi connectivity index (χ3v) is 3.82. The van der Waals surface area contributed by atoms with Crippen molar-refractivity contribution in [1.29, 1.82) is 0 Å². The molecule has 0 saturated heterocycles. The standard InChI is InChI=1S/C18H20N2O2/c1-13(2)14-5-6-17-15(10-14)7-8-20(17)12-18(21)19-11-16-4-3-9-22-16/h3-10,13H,11-12H2,1-2H3,(H,19,21). The van der Waals surface area contributed by atoms with E-state index in [1.165, 1.54) is 10.9 Å². The van der Waals surface area contributed by atoms with Gasteiger partial charge in [-0.3, -0.25) is 4.79 Å². The van der Waals surface area contributed by atoms with Crippen LogP contribution < -0.4 is 5.32 Å². The fourth-order valence-corrected chi connectivity index (χ4v) is 2.53. The number of furan rings is 1. The topological polar surface area (TPSA) is 47.2 Å². The molecule has 0 fully saturated rings. The van der Waals surface area contributed by atoms with Crippen LogP contribution in [0, 0.1) is 0 Å². The number of aromatic nitrogens is 1. The van der Waals surface area contributed by atoms with Gasteiger partial charge in [-0.15, -0.1) is 0 Å². The summed E-state index contributed by atoms with van der Waals surface area (Å²) < 4.78 is 7.17. The molecule has 114 valence electrons. The number of fused-ring (bicyclic) bond motifs is 1. The van der Waals surface area contributed by atoms with Gasteiger partial charge < -0.3 is 14.3 Å². The molecule has 1 N–H and O–H groups in total. The van der Waals surface area contributed by atoms with Crippen LogP contribution in [0.25, 0.3) is 10.9 Å². The van der Waals surface area contributed by atoms with Gasteiger partial charge >= 0.3 is 0 Å². The molecule has 4 nitrogen and oxygen atoms in total. The monoisotopic (exact) mass is 296 g/mol. The highest BCUT2D eigenvalue weighted by Crippen LogP contribution is 2.22. The molecule has 0 aliphatic rings. The Morgan fingerprint density at radius 1 is 1.27 bits per heavy atom. The minimum absolute atomic E-state index is 0.0261. The maximum absolute atomic E-state index is 12.1. The van der Waals surface area contributed by atoms with Crippen molar-refractivity contribution in [2.75, 3.05) is 0 Å². The highest BCUT2D eigenvalue weighted by molar-refractivity contribution is 5.84. The van der Waals surface area contributed by atoms with E-state index in [-0.39, 0.29) is 5.91 Å². The molecular weight excluding hydrogens is 276 g/mol. The van der Waals surface area contributed by atoms with E-state index >= 15 is 0 Å². The van der Waals surface area contributed by atoms with E-state index in [1.807, 2.05) is 22.9 Å². The first-order valence-corrected chi connectivity index (χ1v) is 7.51. The van der Waals surface area contributed by atoms with Gasteiger partial charge in [0.15, 0.2) is 0 Å². The summed E-state index contributed by atoms with van der Waals surface area (Å²) in [5, 5.41) is 4.04. The molecule has 0 radical (unpaired) electrons. The molecule has 2 aromatic heterocycles. The number of carbonyl (C=O) groups is 1. The number of hydrogen-bond acceptors (Lipinski definition) is 2. The Morgan fingerprint density at radius 3 is 2.86 bits per heavy atom. The average molecular weight is 296 g/mol. The predicted octanol–water partition coefficient (Wildman–Crippen LogP) is 3.67. The first-order chi connectivity index (χ1) is 10.6. The number of amides is 1. The largest absolute Gasteiger partial charge is 0.467 e. The molecule has 4 heteroatoms. The summed E-state index contributed by atoms with van der Waals surface area (Å²) in [7, 11) is 0. The van der Waals surface area contributed by atoms with E-state index in [2.05, 4.69) is 43.4 Å². The van der Waals surface area contributed by atoms with Crippen molar-refractivity contribution < 1.29 is 9.21 Å². The smallest absolute Gasteiger partial charge is 0.240 e. The molecule has 3 rings (SSSR count). The Bertz CT molecular complexity index is 770. The van der Waals surface area contributed by atoms with Gasteiger partial charge in [0.1, 0.15) is 12.3 Å². The average Bonchev–Trinajstić information content (AvgIpc) is 3.14. The summed E-state index contributed by atoms with van der Waals surface area (Å²) in [5.41, 5.74) is 2.39. The van der Waals surface area contributed by atoms with Gasteiger partial charge in [0.25, 0.3) is 0 Å². The lowest BCUT2D eigenvalue weighted by Gasteiger charge is -2.08. The molecule has 22 heavy (non-hydrogen) atoms. The fourth-order valence-electron chi connectivity index (χ4n) is 2.53. The van der Waals surface area contributed by atoms with Crippen molar-refractivity contribution in [3.63, 3.8) is 0 Å². The van der Waals surface area contributed by atoms with Crippen molar-refractivity contribution in [3.05, 3.63) is 60.2 Å². The molecule has 1 amide bonds. The van der Waals surface area contributed by atoms with Gasteiger partial charge in [-0.1, -0.05) is 19.9 Å². The number of benzene rings is 1. The zero-order valence-electron chi connectivity index (χ0n) is 12.9. The minimum Gasteiger partial charge on any atom is -0.467 e. The van der Waals surface area contributed by atoms with E-state index in [0.29, 0.717) is 19.0 Å². The lowest BCUT2D eigenvalue weighted by molar-refractivity contribution is -0.121. The van der Waals surface area contributed by atoms with Gasteiger partial charge in [0.2, 0.25) is 5.91 Å². The van der Waals surface area contributed by atoms with Crippen LogP contribution in [0.3, 0.4) is 0 Å². The van der Waals surface area contributed by atoms with Gasteiger partial charge in [0.05, 0.1) is 12.8 Å². The van der Waals surface area contributed by atoms with Crippen molar-refractivity contribution in [2.45, 2.75) is 32.9 Å². The van der Waals surface area contributed by atoms with Crippen LogP contribution in [0.1, 0.15) is 31.1 Å². The first kappa shape index (κ1) is 14.4. The Balaban J connectivity index is 1.69. The highest BCUT2D eigenvalue weighted by atomic mass is 16.3. The quantitative estimate of drug-likeness (QED) is 0.781. The van der Waals surface area contributed by atoms with E-state index in [4.69, 9.17) is 4.42 Å². The van der Waals surface area contributed by atoms with E-state index < -0.39 is 0 Å². The van der Waals surface area contributed by atoms with Gasteiger partial charge in [-0.25, -0.2) is 0 Å². The number of nitrogens with one attached hydrogen (secondary N) is 1. The molecule has 0 bridgehead atoms. The zero-order chi connectivity index (χ0) is 15.5. The molecule has 1 aromatic carbocycles. The molecule has 0 spiro atoms. The van der Waals surface area contributed by atoms with E-state index in [0.717, 1.165) is 11.3 Å². The fraction of sp³-hybridized carbons (Fsp3) is 0.278. The van der Waals surface area contributed by atoms with Crippen LogP contribution >= 0.6 is 0 Å². The Hall–Kier alpha value is -2.49. The maximum Gasteiger partial charge on any atom is 0.240 e. The molecule has 2 heterocycles. The summed E-state index contributed by atoms with van der Waals surface area (Å²) in [6.45, 7) is 5.09. The highest BCUT2D eigenvalue weighted by Gasteiger charge is 2.08. The van der Waals surface area contributed by atoms with Crippen LogP contribution in [-0.4, -0.2) is 10.5 Å². The number of rotatable bonds is 5. The minimum atomic E-state index is -0.0261. The molecule has 0 aliphatic carbocycles. The van der Waals surface area contributed by atoms with Crippen molar-refractivity contribution in [3.8, 4) is 0 Å². The summed E-state index contributed by atoms with van der Waals surface area (Å²) >= 11 is 0. The maximum atomic E-state index is 12.1. The Labute approximate surface area is 129 Å². The Morgan fingerprint density at radius 2 is 2.14 bits per heavy atom. The molecule has 3 aromatic rings. The van der Waals surface area contributed by atoms with Gasteiger partial charge in [-0.05, 0) is 47.2 Å². The third-order valence-electron chi connectivity index (χ3n) is 3.82. The summed E-state index contributed by atoms with van der Waals surface area (Å²) in [5.74, 6) is 1.23. The van der Waals surface area contributed by atoms with Crippen LogP contribution in [-0.2, 0) is 17.9 Å². The molecular formula is C18H20N2O2. The van der Waals surface area contributed by atoms with E-state index in [9.17, 15) is 4.79 Å². The van der Waals surface area contributed by atoms with Crippen molar-refractivity contribution >= 4 is 16.8 Å². The van der Waals surface area contributed by atoms with Crippen LogP contribution in [0.15, 0.2) is 53.3 Å². The summed E-state index contributed by atoms with van der Waals surface area (Å²) in [6, 6.07) is 12.1. The van der Waals surface area contributed by atoms with Crippen LogP contribution in [0.4, 0.5) is 0 Å². The lowest BCUT2D eigenvalue weighted by atomic mass is 10.0. The number of carbonyl (C=O) groups excluding carboxylic acids is 1. The van der Waals surface area contributed by atoms with Crippen LogP contribution in [0.2, 0.25) is 0 Å². The predicted molar refractivity (Wildman–Crippen MR) is 86.6 cm³/mol. The second-order valence-electron chi connectivity index (χ2n) is 5.77. The molecule has 0 unspecified atom stereocenters. The number of nitrogens with zero attached hydrogens (tertiary/aromatic N) is 1. The SMILES string of the molecule is CC(C)c1ccc2c(ccn2CC(=O)NCc2ccco2)c1. The second-order valence-corrected chi connectivity index (χ2v) is 5.77. The van der Waals surface area contributed by atoms with Gasteiger partial charge in [0, 0.05) is 11.7 Å². The third kappa shape index (κ3) is 3.06. The summed E-state index contributed by atoms with van der Waals surface area (Å²) in [6.07, 6.45) is 3.56. The van der Waals surface area contributed by atoms with Gasteiger partial charge in [-0.2, -0.15) is 0 Å². The molecule has 0 atom stereocenters. The van der Waals surface area contributed by atoms with Crippen LogP contribution in [0.5, 0.6) is 0 Å². The Kier molecular flexibility index (Phi) is 4.00. The van der Waals surface area contributed by atoms with Crippen molar-refractivity contribution in [2.24, 2.45) is 0 Å². The normalized spacial score (nSPS) is 11.2. The van der Waals surface area contributed by atoms with E-state index in [1.54, 1.807) is 6.26 Å². The number of hydrogen-bond donors (Lipinski definition) is 1. The molecule has 0 aliphatic heterocycles. The lowest BCUT2D eigenvalue weighted by Crippen LogP contribution is -2.26. The first-order valence-electron chi connectivity index (χ1n) is 7.51.